The topological polar surface area (TPSA) is 88.0 Å². The van der Waals surface area contributed by atoms with E-state index in [1.807, 2.05) is 0 Å². The molecule has 1 aromatic heterocycles. The number of nitrogens with two attached hydrogens (primary N) is 1. The van der Waals surface area contributed by atoms with E-state index in [2.05, 4.69) is 10.3 Å². The van der Waals surface area contributed by atoms with Crippen molar-refractivity contribution in [1.82, 2.24) is 10.3 Å². The van der Waals surface area contributed by atoms with Crippen molar-refractivity contribution in [2.45, 2.75) is 44.7 Å². The highest BCUT2D eigenvalue weighted by Crippen LogP contribution is 2.17. The van der Waals surface area contributed by atoms with E-state index in [9.17, 15) is 9.59 Å². The van der Waals surface area contributed by atoms with E-state index in [4.69, 9.17) is 5.73 Å². The smallest absolute Gasteiger partial charge is 0.260 e. The van der Waals surface area contributed by atoms with Crippen molar-refractivity contribution < 1.29 is 4.79 Å². The largest absolute Gasteiger partial charge is 0.349 e. The second-order valence-electron chi connectivity index (χ2n) is 4.97. The summed E-state index contributed by atoms with van der Waals surface area (Å²) in [5.41, 5.74) is 6.41. The van der Waals surface area contributed by atoms with E-state index in [0.717, 1.165) is 31.4 Å². The van der Waals surface area contributed by atoms with Gasteiger partial charge in [0, 0.05) is 17.8 Å². The van der Waals surface area contributed by atoms with E-state index in [1.165, 1.54) is 0 Å². The van der Waals surface area contributed by atoms with Crippen LogP contribution in [0.2, 0.25) is 0 Å². The molecule has 1 aliphatic carbocycles. The molecule has 0 radical (unpaired) electrons. The molecule has 2 rings (SSSR count). The summed E-state index contributed by atoms with van der Waals surface area (Å²) in [6.45, 7) is 1.78. The minimum Gasteiger partial charge on any atom is -0.349 e. The number of aromatic nitrogens is 1. The number of hydrogen-bond donors (Lipinski definition) is 3. The summed E-state index contributed by atoms with van der Waals surface area (Å²) >= 11 is 0. The monoisotopic (exact) mass is 249 g/mol. The predicted molar refractivity (Wildman–Crippen MR) is 69.5 cm³/mol. The highest BCUT2D eigenvalue weighted by atomic mass is 16.2. The van der Waals surface area contributed by atoms with Crippen molar-refractivity contribution in [1.29, 1.82) is 0 Å². The van der Waals surface area contributed by atoms with Gasteiger partial charge in [-0.3, -0.25) is 9.59 Å². The van der Waals surface area contributed by atoms with Crippen LogP contribution in [0.1, 0.15) is 41.7 Å². The van der Waals surface area contributed by atoms with Gasteiger partial charge in [0.2, 0.25) is 0 Å². The maximum Gasteiger partial charge on any atom is 0.260 e. The van der Waals surface area contributed by atoms with Gasteiger partial charge in [-0.05, 0) is 44.7 Å². The lowest BCUT2D eigenvalue weighted by Gasteiger charge is -2.26. The van der Waals surface area contributed by atoms with Crippen molar-refractivity contribution in [3.8, 4) is 0 Å². The highest BCUT2D eigenvalue weighted by molar-refractivity contribution is 5.93. The molecule has 1 heterocycles. The van der Waals surface area contributed by atoms with Crippen LogP contribution in [0, 0.1) is 6.92 Å². The van der Waals surface area contributed by atoms with E-state index in [1.54, 1.807) is 19.1 Å². The number of pyridine rings is 1. The lowest BCUT2D eigenvalue weighted by molar-refractivity contribution is 0.0924. The van der Waals surface area contributed by atoms with Crippen molar-refractivity contribution in [2.75, 3.05) is 0 Å². The summed E-state index contributed by atoms with van der Waals surface area (Å²) in [7, 11) is 0. The molecule has 0 atom stereocenters. The van der Waals surface area contributed by atoms with E-state index < -0.39 is 0 Å². The minimum atomic E-state index is -0.333. The maximum atomic E-state index is 12.0. The lowest BCUT2D eigenvalue weighted by atomic mass is 9.91. The summed E-state index contributed by atoms with van der Waals surface area (Å²) < 4.78 is 0. The Morgan fingerprint density at radius 1 is 1.33 bits per heavy atom. The summed E-state index contributed by atoms with van der Waals surface area (Å²) in [5, 5.41) is 2.90. The van der Waals surface area contributed by atoms with Crippen LogP contribution in [0.4, 0.5) is 0 Å². The van der Waals surface area contributed by atoms with Gasteiger partial charge in [0.15, 0.2) is 0 Å². The first-order valence-electron chi connectivity index (χ1n) is 6.32. The molecule has 0 saturated heterocycles. The van der Waals surface area contributed by atoms with Gasteiger partial charge in [-0.1, -0.05) is 0 Å². The molecule has 5 heteroatoms. The lowest BCUT2D eigenvalue weighted by Crippen LogP contribution is -2.41. The molecule has 0 unspecified atom stereocenters. The molecule has 0 spiro atoms. The average molecular weight is 249 g/mol. The molecule has 18 heavy (non-hydrogen) atoms. The molecular weight excluding hydrogens is 230 g/mol. The van der Waals surface area contributed by atoms with Crippen LogP contribution >= 0.6 is 0 Å². The van der Waals surface area contributed by atoms with Crippen molar-refractivity contribution in [3.63, 3.8) is 0 Å². The Hall–Kier alpha value is -1.62. The Morgan fingerprint density at radius 2 is 2.00 bits per heavy atom. The second kappa shape index (κ2) is 5.35. The molecule has 0 bridgehead atoms. The number of aryl methyl sites for hydroxylation is 1. The Morgan fingerprint density at radius 3 is 2.61 bits per heavy atom. The first-order valence-corrected chi connectivity index (χ1v) is 6.32. The summed E-state index contributed by atoms with van der Waals surface area (Å²) in [6, 6.07) is 3.68. The third kappa shape index (κ3) is 2.98. The highest BCUT2D eigenvalue weighted by Gasteiger charge is 2.21. The predicted octanol–water partition coefficient (Wildman–Crippen LogP) is 0.683. The fourth-order valence-corrected chi connectivity index (χ4v) is 2.28. The maximum absolute atomic E-state index is 12.0. The molecule has 1 amide bonds. The third-order valence-corrected chi connectivity index (χ3v) is 3.41. The number of nitrogens with one attached hydrogen (secondary N) is 2. The Balaban J connectivity index is 2.01. The standard InChI is InChI=1S/C13H19N3O2/c1-8-2-7-11(12(17)15-8)13(18)16-10-5-3-9(14)4-6-10/h2,7,9-10H,3-6,14H2,1H3,(H,15,17)(H,16,18). The molecule has 1 aliphatic rings. The Bertz CT molecular complexity index is 487. The van der Waals surface area contributed by atoms with Crippen LogP contribution in [0.3, 0.4) is 0 Å². The molecule has 98 valence electrons. The molecular formula is C13H19N3O2. The van der Waals surface area contributed by atoms with Gasteiger partial charge in [0.05, 0.1) is 0 Å². The van der Waals surface area contributed by atoms with E-state index in [-0.39, 0.29) is 29.1 Å². The first kappa shape index (κ1) is 12.8. The van der Waals surface area contributed by atoms with Crippen molar-refractivity contribution >= 4 is 5.91 Å². The Labute approximate surface area is 106 Å². The molecule has 5 nitrogen and oxygen atoms in total. The zero-order valence-corrected chi connectivity index (χ0v) is 10.5. The fraction of sp³-hybridized carbons (Fsp3) is 0.538. The first-order chi connectivity index (χ1) is 8.56. The number of hydrogen-bond acceptors (Lipinski definition) is 3. The normalized spacial score (nSPS) is 23.7. The zero-order chi connectivity index (χ0) is 13.1. The number of rotatable bonds is 2. The molecule has 1 fully saturated rings. The average Bonchev–Trinajstić information content (AvgIpc) is 2.32. The van der Waals surface area contributed by atoms with Gasteiger partial charge in [-0.15, -0.1) is 0 Å². The van der Waals surface area contributed by atoms with Crippen LogP contribution in [0.15, 0.2) is 16.9 Å². The fourth-order valence-electron chi connectivity index (χ4n) is 2.28. The number of carbonyl (C=O) groups excluding carboxylic acids is 1. The zero-order valence-electron chi connectivity index (χ0n) is 10.5. The quantitative estimate of drug-likeness (QED) is 0.720. The van der Waals surface area contributed by atoms with Crippen LogP contribution in [0.5, 0.6) is 0 Å². The minimum absolute atomic E-state index is 0.137. The van der Waals surface area contributed by atoms with E-state index in [0.29, 0.717) is 0 Å². The second-order valence-corrected chi connectivity index (χ2v) is 4.97. The summed E-state index contributed by atoms with van der Waals surface area (Å²) in [6.07, 6.45) is 3.62. The van der Waals surface area contributed by atoms with Gasteiger partial charge < -0.3 is 16.0 Å². The van der Waals surface area contributed by atoms with Crippen LogP contribution in [-0.2, 0) is 0 Å². The van der Waals surface area contributed by atoms with Crippen molar-refractivity contribution in [3.05, 3.63) is 33.7 Å². The number of amides is 1. The molecule has 4 N–H and O–H groups in total. The van der Waals surface area contributed by atoms with Gasteiger partial charge >= 0.3 is 0 Å². The van der Waals surface area contributed by atoms with Gasteiger partial charge in [0.25, 0.3) is 11.5 Å². The number of carbonyl (C=O) groups is 1. The number of H-pyrrole nitrogens is 1. The molecule has 0 aliphatic heterocycles. The molecule has 1 saturated carbocycles. The van der Waals surface area contributed by atoms with Crippen LogP contribution < -0.4 is 16.6 Å². The number of aromatic amines is 1. The summed E-state index contributed by atoms with van der Waals surface area (Å²) in [4.78, 5) is 26.2. The van der Waals surface area contributed by atoms with Crippen LogP contribution in [0.25, 0.3) is 0 Å². The van der Waals surface area contributed by atoms with Gasteiger partial charge in [-0.25, -0.2) is 0 Å². The van der Waals surface area contributed by atoms with Crippen molar-refractivity contribution in [2.24, 2.45) is 5.73 Å². The summed E-state index contributed by atoms with van der Waals surface area (Å²) in [5.74, 6) is -0.295. The molecule has 1 aromatic rings. The third-order valence-electron chi connectivity index (χ3n) is 3.41. The Kier molecular flexibility index (Phi) is 3.81. The van der Waals surface area contributed by atoms with E-state index >= 15 is 0 Å². The van der Waals surface area contributed by atoms with Crippen LogP contribution in [-0.4, -0.2) is 23.0 Å². The SMILES string of the molecule is Cc1ccc(C(=O)NC2CCC(N)CC2)c(=O)[nH]1. The van der Waals surface area contributed by atoms with Gasteiger partial charge in [-0.2, -0.15) is 0 Å². The molecule has 0 aromatic carbocycles. The van der Waals surface area contributed by atoms with Gasteiger partial charge in [0.1, 0.15) is 5.56 Å².